The van der Waals surface area contributed by atoms with E-state index in [1.54, 1.807) is 6.08 Å². The second-order valence-corrected chi connectivity index (χ2v) is 2.18. The van der Waals surface area contributed by atoms with E-state index in [1.807, 2.05) is 6.08 Å². The normalized spacial score (nSPS) is 9.89. The van der Waals surface area contributed by atoms with Gasteiger partial charge in [0.05, 0.1) is 0 Å². The molecule has 0 aromatic heterocycles. The molecule has 0 amide bonds. The number of rotatable bonds is 3. The van der Waals surface area contributed by atoms with Crippen LogP contribution in [-0.4, -0.2) is 14.0 Å². The molecule has 0 rings (SSSR count). The molecule has 1 atom stereocenters. The van der Waals surface area contributed by atoms with E-state index < -0.39 is 0 Å². The van der Waals surface area contributed by atoms with Crippen LogP contribution in [0.1, 0.15) is 0 Å². The van der Waals surface area contributed by atoms with Gasteiger partial charge in [0.1, 0.15) is 7.85 Å². The molecule has 0 N–H and O–H groups in total. The van der Waals surface area contributed by atoms with Crippen LogP contribution in [0.25, 0.3) is 0 Å². The monoisotopic (exact) mass is 136 g/mol. The van der Waals surface area contributed by atoms with E-state index in [0.717, 1.165) is 11.7 Å². The zero-order valence-electron chi connectivity index (χ0n) is 5.43. The fourth-order valence-electron chi connectivity index (χ4n) is 0.293. The van der Waals surface area contributed by atoms with Crippen molar-refractivity contribution in [2.24, 2.45) is 0 Å². The van der Waals surface area contributed by atoms with Crippen molar-refractivity contribution < 1.29 is 0 Å². The van der Waals surface area contributed by atoms with E-state index in [1.165, 1.54) is 0 Å². The maximum absolute atomic E-state index is 5.27. The van der Waals surface area contributed by atoms with Crippen molar-refractivity contribution in [2.75, 3.05) is 6.16 Å². The second-order valence-electron chi connectivity index (χ2n) is 1.77. The average Bonchev–Trinajstić information content (AvgIpc) is 1.83. The van der Waals surface area contributed by atoms with Crippen LogP contribution < -0.4 is 0 Å². The van der Waals surface area contributed by atoms with Crippen LogP contribution in [0.5, 0.6) is 0 Å². The van der Waals surface area contributed by atoms with Crippen molar-refractivity contribution in [1.29, 1.82) is 0 Å². The Morgan fingerprint density at radius 1 is 1.44 bits per heavy atom. The molecule has 0 aromatic rings. The van der Waals surface area contributed by atoms with Gasteiger partial charge in [0.2, 0.25) is 0 Å². The molecule has 0 aliphatic carbocycles. The largest absolute Gasteiger partial charge is 0.133 e. The van der Waals surface area contributed by atoms with Crippen LogP contribution >= 0.6 is 9.24 Å². The zero-order valence-corrected chi connectivity index (χ0v) is 6.59. The van der Waals surface area contributed by atoms with Gasteiger partial charge in [-0.05, 0) is 6.16 Å². The van der Waals surface area contributed by atoms with Crippen LogP contribution in [0, 0.1) is 0 Å². The molecule has 0 spiro atoms. The van der Waals surface area contributed by atoms with Gasteiger partial charge in [0.25, 0.3) is 0 Å². The zero-order chi connectivity index (χ0) is 7.28. The topological polar surface area (TPSA) is 0 Å². The van der Waals surface area contributed by atoms with Crippen molar-refractivity contribution in [3.05, 3.63) is 36.4 Å². The Balaban J connectivity index is 3.71. The summed E-state index contributed by atoms with van der Waals surface area (Å²) in [6.07, 6.45) is 4.48. The van der Waals surface area contributed by atoms with Crippen LogP contribution in [0.3, 0.4) is 0 Å². The summed E-state index contributed by atoms with van der Waals surface area (Å²) in [7, 11) is 7.85. The third kappa shape index (κ3) is 5.59. The Kier molecular flexibility index (Phi) is 4.44. The standard InChI is InChI=1S/C7H10BP/c1-6(5-9)3-4-7(2)8/h3-4H,1-2,5,9H2/b4-3-. The van der Waals surface area contributed by atoms with E-state index in [2.05, 4.69) is 22.4 Å². The van der Waals surface area contributed by atoms with Gasteiger partial charge in [0, 0.05) is 0 Å². The lowest BCUT2D eigenvalue weighted by Crippen LogP contribution is -1.75. The van der Waals surface area contributed by atoms with E-state index in [4.69, 9.17) is 7.85 Å². The highest BCUT2D eigenvalue weighted by molar-refractivity contribution is 7.16. The summed E-state index contributed by atoms with van der Waals surface area (Å²) >= 11 is 0. The Hall–Kier alpha value is -0.285. The molecule has 0 nitrogen and oxygen atoms in total. The highest BCUT2D eigenvalue weighted by Crippen LogP contribution is 1.98. The summed E-state index contributed by atoms with van der Waals surface area (Å²) in [6.45, 7) is 7.25. The number of hydrogen-bond acceptors (Lipinski definition) is 0. The number of allylic oxidation sites excluding steroid dienone is 4. The van der Waals surface area contributed by atoms with E-state index >= 15 is 0 Å². The van der Waals surface area contributed by atoms with Crippen LogP contribution in [-0.2, 0) is 0 Å². The molecule has 0 bridgehead atoms. The molecular formula is C7H10BP. The summed E-state index contributed by atoms with van der Waals surface area (Å²) in [4.78, 5) is 0. The molecule has 9 heavy (non-hydrogen) atoms. The van der Waals surface area contributed by atoms with Crippen LogP contribution in [0.2, 0.25) is 0 Å². The summed E-state index contributed by atoms with van der Waals surface area (Å²) in [5, 5.41) is 0. The molecule has 0 aliphatic heterocycles. The number of hydrogen-bond donors (Lipinski definition) is 0. The SMILES string of the molecule is [B]C(=C)/C=C\C(=C)CP. The average molecular weight is 136 g/mol. The molecule has 0 saturated heterocycles. The highest BCUT2D eigenvalue weighted by atomic mass is 31.0. The maximum atomic E-state index is 5.27. The Bertz CT molecular complexity index is 147. The smallest absolute Gasteiger partial charge is 0.112 e. The first-order valence-electron chi connectivity index (χ1n) is 2.67. The van der Waals surface area contributed by atoms with Crippen molar-refractivity contribution in [2.45, 2.75) is 0 Å². The molecule has 2 heteroatoms. The van der Waals surface area contributed by atoms with Gasteiger partial charge in [-0.25, -0.2) is 0 Å². The van der Waals surface area contributed by atoms with E-state index in [-0.39, 0.29) is 0 Å². The van der Waals surface area contributed by atoms with Gasteiger partial charge in [-0.15, -0.1) is 21.3 Å². The first kappa shape index (κ1) is 8.71. The first-order chi connectivity index (χ1) is 4.16. The first-order valence-corrected chi connectivity index (χ1v) is 3.48. The van der Waals surface area contributed by atoms with Crippen molar-refractivity contribution >= 4 is 17.1 Å². The predicted molar refractivity (Wildman–Crippen MR) is 47.8 cm³/mol. The third-order valence-electron chi connectivity index (χ3n) is 0.795. The summed E-state index contributed by atoms with van der Waals surface area (Å²) in [6, 6.07) is 0. The molecule has 0 saturated carbocycles. The molecule has 0 heterocycles. The van der Waals surface area contributed by atoms with Gasteiger partial charge in [-0.2, -0.15) is 0 Å². The van der Waals surface area contributed by atoms with Crippen LogP contribution in [0.15, 0.2) is 36.4 Å². The molecule has 0 fully saturated rings. The van der Waals surface area contributed by atoms with Crippen molar-refractivity contribution in [3.8, 4) is 0 Å². The van der Waals surface area contributed by atoms with E-state index in [9.17, 15) is 0 Å². The highest BCUT2D eigenvalue weighted by Gasteiger charge is 1.79. The Morgan fingerprint density at radius 3 is 2.33 bits per heavy atom. The van der Waals surface area contributed by atoms with Gasteiger partial charge in [-0.1, -0.05) is 24.3 Å². The predicted octanol–water partition coefficient (Wildman–Crippen LogP) is 1.66. The fourth-order valence-corrected chi connectivity index (χ4v) is 0.429. The maximum Gasteiger partial charge on any atom is 0.112 e. The molecule has 2 radical (unpaired) electrons. The summed E-state index contributed by atoms with van der Waals surface area (Å²) in [5.41, 5.74) is 1.60. The van der Waals surface area contributed by atoms with Gasteiger partial charge in [0.15, 0.2) is 0 Å². The Labute approximate surface area is 60.3 Å². The summed E-state index contributed by atoms with van der Waals surface area (Å²) in [5.74, 6) is 0. The lowest BCUT2D eigenvalue weighted by atomic mass is 9.97. The minimum Gasteiger partial charge on any atom is -0.133 e. The third-order valence-corrected chi connectivity index (χ3v) is 1.32. The molecule has 1 unspecified atom stereocenters. The van der Waals surface area contributed by atoms with Gasteiger partial charge >= 0.3 is 0 Å². The Morgan fingerprint density at radius 2 is 2.00 bits per heavy atom. The lowest BCUT2D eigenvalue weighted by Gasteiger charge is -1.89. The molecule has 0 aromatic carbocycles. The van der Waals surface area contributed by atoms with Crippen LogP contribution in [0.4, 0.5) is 0 Å². The minimum absolute atomic E-state index is 0.564. The van der Waals surface area contributed by atoms with E-state index in [0.29, 0.717) is 5.47 Å². The quantitative estimate of drug-likeness (QED) is 0.314. The molecule has 0 aliphatic rings. The molecular weight excluding hydrogens is 126 g/mol. The van der Waals surface area contributed by atoms with Crippen molar-refractivity contribution in [3.63, 3.8) is 0 Å². The minimum atomic E-state index is 0.564. The second kappa shape index (κ2) is 4.58. The fraction of sp³-hybridized carbons (Fsp3) is 0.143. The van der Waals surface area contributed by atoms with Gasteiger partial charge < -0.3 is 0 Å². The van der Waals surface area contributed by atoms with Gasteiger partial charge in [-0.3, -0.25) is 0 Å². The lowest BCUT2D eigenvalue weighted by molar-refractivity contribution is 1.58. The molecule has 46 valence electrons. The summed E-state index contributed by atoms with van der Waals surface area (Å²) < 4.78 is 0. The van der Waals surface area contributed by atoms with Crippen molar-refractivity contribution in [1.82, 2.24) is 0 Å².